The highest BCUT2D eigenvalue weighted by Crippen LogP contribution is 2.39. The van der Waals surface area contributed by atoms with E-state index in [0.717, 1.165) is 25.7 Å². The van der Waals surface area contributed by atoms with Gasteiger partial charge < -0.3 is 10.1 Å². The molecule has 1 aliphatic carbocycles. The van der Waals surface area contributed by atoms with Crippen LogP contribution in [-0.4, -0.2) is 38.3 Å². The lowest BCUT2D eigenvalue weighted by molar-refractivity contribution is -0.117. The van der Waals surface area contributed by atoms with E-state index in [1.54, 1.807) is 12.1 Å². The summed E-state index contributed by atoms with van der Waals surface area (Å²) in [5.41, 5.74) is 0.434. The second-order valence-corrected chi connectivity index (χ2v) is 8.80. The molecule has 1 saturated heterocycles. The largest absolute Gasteiger partial charge is 0.492 e. The third-order valence-corrected chi connectivity index (χ3v) is 6.80. The van der Waals surface area contributed by atoms with Crippen molar-refractivity contribution in [1.29, 1.82) is 0 Å². The summed E-state index contributed by atoms with van der Waals surface area (Å²) in [7, 11) is -3.54. The molecule has 1 heterocycles. The van der Waals surface area contributed by atoms with Gasteiger partial charge in [0.05, 0.1) is 17.2 Å². The molecule has 6 nitrogen and oxygen atoms in total. The van der Waals surface area contributed by atoms with Crippen LogP contribution < -0.4 is 10.1 Å². The normalized spacial score (nSPS) is 23.9. The first-order chi connectivity index (χ1) is 11.9. The molecule has 2 fully saturated rings. The molecule has 0 bridgehead atoms. The van der Waals surface area contributed by atoms with Crippen LogP contribution in [0.2, 0.25) is 0 Å². The van der Waals surface area contributed by atoms with Crippen molar-refractivity contribution in [3.8, 4) is 5.75 Å². The van der Waals surface area contributed by atoms with Gasteiger partial charge >= 0.3 is 0 Å². The molecule has 3 rings (SSSR count). The van der Waals surface area contributed by atoms with E-state index in [9.17, 15) is 13.2 Å². The number of nitrogens with one attached hydrogen (secondary N) is 1. The molecular weight excluding hydrogens is 340 g/mol. The fraction of sp³-hybridized carbons (Fsp3) is 0.611. The maximum absolute atomic E-state index is 12.9. The van der Waals surface area contributed by atoms with Crippen LogP contribution in [-0.2, 0) is 14.8 Å². The van der Waals surface area contributed by atoms with Crippen molar-refractivity contribution in [2.75, 3.05) is 25.0 Å². The van der Waals surface area contributed by atoms with E-state index in [4.69, 9.17) is 4.74 Å². The van der Waals surface area contributed by atoms with Gasteiger partial charge in [-0.2, -0.15) is 4.31 Å². The zero-order valence-corrected chi connectivity index (χ0v) is 15.6. The highest BCUT2D eigenvalue weighted by atomic mass is 32.2. The Morgan fingerprint density at radius 1 is 1.28 bits per heavy atom. The lowest BCUT2D eigenvalue weighted by atomic mass is 10.2. The Morgan fingerprint density at radius 2 is 1.96 bits per heavy atom. The molecule has 25 heavy (non-hydrogen) atoms. The first-order valence-electron chi connectivity index (χ1n) is 9.01. The number of carbonyl (C=O) groups excluding carboxylic acids is 1. The Morgan fingerprint density at radius 3 is 2.56 bits per heavy atom. The highest BCUT2D eigenvalue weighted by molar-refractivity contribution is 7.89. The number of ether oxygens (including phenoxy) is 1. The van der Waals surface area contributed by atoms with Crippen LogP contribution in [0.3, 0.4) is 0 Å². The number of carbonyl (C=O) groups is 1. The quantitative estimate of drug-likeness (QED) is 0.840. The average Bonchev–Trinajstić information content (AvgIpc) is 3.34. The van der Waals surface area contributed by atoms with E-state index in [0.29, 0.717) is 37.1 Å². The zero-order chi connectivity index (χ0) is 18.0. The molecule has 2 aliphatic rings. The summed E-state index contributed by atoms with van der Waals surface area (Å²) in [5, 5.41) is 2.86. The summed E-state index contributed by atoms with van der Waals surface area (Å²) in [5.74, 6) is 0.829. The summed E-state index contributed by atoms with van der Waals surface area (Å²) in [6.07, 6.45) is 3.72. The van der Waals surface area contributed by atoms with Crippen molar-refractivity contribution in [1.82, 2.24) is 4.31 Å². The van der Waals surface area contributed by atoms with Crippen molar-refractivity contribution >= 4 is 21.6 Å². The van der Waals surface area contributed by atoms with Crippen LogP contribution in [0.15, 0.2) is 23.1 Å². The predicted octanol–water partition coefficient (Wildman–Crippen LogP) is 2.85. The fourth-order valence-electron chi connectivity index (χ4n) is 3.22. The van der Waals surface area contributed by atoms with E-state index < -0.39 is 10.0 Å². The number of benzene rings is 1. The lowest BCUT2D eigenvalue weighted by Gasteiger charge is -2.26. The molecule has 2 atom stereocenters. The van der Waals surface area contributed by atoms with Crippen LogP contribution in [0.25, 0.3) is 0 Å². The molecule has 138 valence electrons. The van der Waals surface area contributed by atoms with Gasteiger partial charge in [0.2, 0.25) is 15.9 Å². The zero-order valence-electron chi connectivity index (χ0n) is 14.8. The Kier molecular flexibility index (Phi) is 5.34. The van der Waals surface area contributed by atoms with Gasteiger partial charge in [-0.05, 0) is 50.3 Å². The molecule has 7 heteroatoms. The van der Waals surface area contributed by atoms with Crippen LogP contribution in [0, 0.1) is 11.8 Å². The Labute approximate surface area is 149 Å². The van der Waals surface area contributed by atoms with Crippen molar-refractivity contribution in [3.05, 3.63) is 18.2 Å². The van der Waals surface area contributed by atoms with E-state index in [1.165, 1.54) is 10.4 Å². The lowest BCUT2D eigenvalue weighted by Crippen LogP contribution is -2.35. The number of piperidine rings is 1. The molecule has 2 unspecified atom stereocenters. The van der Waals surface area contributed by atoms with E-state index >= 15 is 0 Å². The molecule has 0 aromatic heterocycles. The van der Waals surface area contributed by atoms with Gasteiger partial charge in [0, 0.05) is 19.0 Å². The van der Waals surface area contributed by atoms with Crippen molar-refractivity contribution < 1.29 is 17.9 Å². The molecule has 1 N–H and O–H groups in total. The number of hydrogen-bond acceptors (Lipinski definition) is 4. The minimum absolute atomic E-state index is 0.0110. The van der Waals surface area contributed by atoms with E-state index in [-0.39, 0.29) is 16.7 Å². The number of amides is 1. The molecule has 1 aromatic carbocycles. The Balaban J connectivity index is 1.87. The molecule has 1 aromatic rings. The Hall–Kier alpha value is -1.60. The maximum Gasteiger partial charge on any atom is 0.243 e. The maximum atomic E-state index is 12.9. The summed E-state index contributed by atoms with van der Waals surface area (Å²) in [6.45, 7) is 5.44. The molecule has 1 aliphatic heterocycles. The smallest absolute Gasteiger partial charge is 0.243 e. The first kappa shape index (κ1) is 18.2. The summed E-state index contributed by atoms with van der Waals surface area (Å²) in [6, 6.07) is 4.72. The molecule has 0 spiro atoms. The van der Waals surface area contributed by atoms with Crippen molar-refractivity contribution in [2.24, 2.45) is 11.8 Å². The van der Waals surface area contributed by atoms with Crippen LogP contribution in [0.4, 0.5) is 5.69 Å². The van der Waals surface area contributed by atoms with Gasteiger partial charge in [0.15, 0.2) is 0 Å². The van der Waals surface area contributed by atoms with Gasteiger partial charge in [-0.25, -0.2) is 8.42 Å². The van der Waals surface area contributed by atoms with E-state index in [1.807, 2.05) is 13.8 Å². The van der Waals surface area contributed by atoms with Crippen LogP contribution in [0.5, 0.6) is 5.75 Å². The van der Waals surface area contributed by atoms with Crippen molar-refractivity contribution in [3.63, 3.8) is 0 Å². The minimum Gasteiger partial charge on any atom is -0.492 e. The fourth-order valence-corrected chi connectivity index (χ4v) is 4.76. The van der Waals surface area contributed by atoms with Crippen molar-refractivity contribution in [2.45, 2.75) is 44.4 Å². The van der Waals surface area contributed by atoms with E-state index in [2.05, 4.69) is 5.32 Å². The number of hydrogen-bond donors (Lipinski definition) is 1. The monoisotopic (exact) mass is 366 g/mol. The number of sulfonamides is 1. The second kappa shape index (κ2) is 7.33. The number of anilines is 1. The third kappa shape index (κ3) is 3.98. The number of rotatable bonds is 6. The second-order valence-electron chi connectivity index (χ2n) is 6.86. The van der Waals surface area contributed by atoms with Gasteiger partial charge in [0.1, 0.15) is 5.75 Å². The standard InChI is InChI=1S/C18H26N2O4S/c1-3-24-17-8-7-14(25(22,23)20-9-5-4-6-10-20)12-16(17)19-18(21)15-11-13(15)2/h7-8,12-13,15H,3-6,9-11H2,1-2H3,(H,19,21). The molecule has 1 amide bonds. The van der Waals surface area contributed by atoms with Gasteiger partial charge in [-0.1, -0.05) is 13.3 Å². The highest BCUT2D eigenvalue weighted by Gasteiger charge is 2.39. The first-order valence-corrected chi connectivity index (χ1v) is 10.5. The minimum atomic E-state index is -3.54. The number of nitrogens with zero attached hydrogens (tertiary/aromatic N) is 1. The SMILES string of the molecule is CCOc1ccc(S(=O)(=O)N2CCCCC2)cc1NC(=O)C1CC1C. The van der Waals surface area contributed by atoms with Crippen LogP contribution in [0.1, 0.15) is 39.5 Å². The van der Waals surface area contributed by atoms with Gasteiger partial charge in [0.25, 0.3) is 0 Å². The summed E-state index contributed by atoms with van der Waals surface area (Å²) in [4.78, 5) is 12.5. The van der Waals surface area contributed by atoms with Gasteiger partial charge in [-0.15, -0.1) is 0 Å². The molecular formula is C18H26N2O4S. The molecule has 1 saturated carbocycles. The summed E-state index contributed by atoms with van der Waals surface area (Å²) >= 11 is 0. The third-order valence-electron chi connectivity index (χ3n) is 4.91. The average molecular weight is 366 g/mol. The van der Waals surface area contributed by atoms with Gasteiger partial charge in [-0.3, -0.25) is 4.79 Å². The predicted molar refractivity (Wildman–Crippen MR) is 96.1 cm³/mol. The summed E-state index contributed by atoms with van der Waals surface area (Å²) < 4.78 is 32.8. The Bertz CT molecular complexity index is 741. The van der Waals surface area contributed by atoms with Crippen LogP contribution >= 0.6 is 0 Å². The topological polar surface area (TPSA) is 75.7 Å². The molecule has 0 radical (unpaired) electrons.